The lowest BCUT2D eigenvalue weighted by molar-refractivity contribution is 0.600. The van der Waals surface area contributed by atoms with Gasteiger partial charge in [0.25, 0.3) is 0 Å². The predicted octanol–water partition coefficient (Wildman–Crippen LogP) is 2.78. The van der Waals surface area contributed by atoms with E-state index in [4.69, 9.17) is 11.6 Å². The van der Waals surface area contributed by atoms with Crippen LogP contribution in [0.4, 0.5) is 5.69 Å². The molecule has 0 saturated heterocycles. The minimum absolute atomic E-state index is 0.0548. The molecule has 0 aliphatic heterocycles. The second kappa shape index (κ2) is 6.37. The largest absolute Gasteiger partial charge is 0.282 e. The minimum atomic E-state index is -3.28. The highest BCUT2D eigenvalue weighted by atomic mass is 35.5. The molecule has 16 heavy (non-hydrogen) atoms. The van der Waals surface area contributed by atoms with E-state index in [0.29, 0.717) is 18.0 Å². The third kappa shape index (κ3) is 4.23. The van der Waals surface area contributed by atoms with Crippen LogP contribution >= 0.6 is 23.4 Å². The number of halogens is 1. The maximum atomic E-state index is 11.6. The van der Waals surface area contributed by atoms with Gasteiger partial charge in [-0.1, -0.05) is 12.1 Å². The Bertz CT molecular complexity index is 434. The van der Waals surface area contributed by atoms with Crippen molar-refractivity contribution in [2.45, 2.75) is 11.3 Å². The Morgan fingerprint density at radius 3 is 2.69 bits per heavy atom. The zero-order valence-corrected chi connectivity index (χ0v) is 11.3. The highest BCUT2D eigenvalue weighted by molar-refractivity contribution is 7.99. The van der Waals surface area contributed by atoms with Crippen LogP contribution in [0.1, 0.15) is 6.42 Å². The summed E-state index contributed by atoms with van der Waals surface area (Å²) in [6, 6.07) is 7.32. The summed E-state index contributed by atoms with van der Waals surface area (Å²) in [5, 5.41) is 0. The van der Waals surface area contributed by atoms with Crippen molar-refractivity contribution >= 4 is 39.1 Å². The predicted molar refractivity (Wildman–Crippen MR) is 71.0 cm³/mol. The zero-order chi connectivity index (χ0) is 12.0. The smallest absolute Gasteiger partial charge is 0.232 e. The van der Waals surface area contributed by atoms with E-state index in [1.807, 2.05) is 18.4 Å². The fourth-order valence-corrected chi connectivity index (χ4v) is 3.24. The van der Waals surface area contributed by atoms with E-state index in [1.165, 1.54) is 11.8 Å². The van der Waals surface area contributed by atoms with Crippen molar-refractivity contribution < 1.29 is 8.42 Å². The topological polar surface area (TPSA) is 46.2 Å². The molecular weight excluding hydrogens is 266 g/mol. The summed E-state index contributed by atoms with van der Waals surface area (Å²) < 4.78 is 25.9. The molecule has 90 valence electrons. The van der Waals surface area contributed by atoms with Gasteiger partial charge < -0.3 is 0 Å². The lowest BCUT2D eigenvalue weighted by Gasteiger charge is -2.10. The Morgan fingerprint density at radius 1 is 1.38 bits per heavy atom. The number of alkyl halides is 1. The van der Waals surface area contributed by atoms with Crippen LogP contribution in [0.2, 0.25) is 0 Å². The number of hydrogen-bond acceptors (Lipinski definition) is 3. The van der Waals surface area contributed by atoms with Gasteiger partial charge >= 0.3 is 0 Å². The highest BCUT2D eigenvalue weighted by Gasteiger charge is 2.11. The molecule has 0 heterocycles. The first-order valence-electron chi connectivity index (χ1n) is 4.78. The summed E-state index contributed by atoms with van der Waals surface area (Å²) in [7, 11) is -3.28. The number of hydrogen-bond donors (Lipinski definition) is 1. The summed E-state index contributed by atoms with van der Waals surface area (Å²) in [4.78, 5) is 0.914. The fourth-order valence-electron chi connectivity index (χ4n) is 1.19. The van der Waals surface area contributed by atoms with Crippen LogP contribution in [0.5, 0.6) is 0 Å². The number of rotatable bonds is 6. The van der Waals surface area contributed by atoms with E-state index >= 15 is 0 Å². The normalized spacial score (nSPS) is 11.4. The Kier molecular flexibility index (Phi) is 5.44. The molecule has 1 N–H and O–H groups in total. The first kappa shape index (κ1) is 13.7. The first-order chi connectivity index (χ1) is 7.59. The summed E-state index contributed by atoms with van der Waals surface area (Å²) in [6.07, 6.45) is 2.37. The Hall–Kier alpha value is -0.390. The molecule has 6 heteroatoms. The van der Waals surface area contributed by atoms with Crippen LogP contribution in [0.15, 0.2) is 29.2 Å². The van der Waals surface area contributed by atoms with E-state index in [0.717, 1.165) is 4.90 Å². The Morgan fingerprint density at radius 2 is 2.06 bits per heavy atom. The van der Waals surface area contributed by atoms with Gasteiger partial charge in [-0.2, -0.15) is 0 Å². The van der Waals surface area contributed by atoms with E-state index in [9.17, 15) is 8.42 Å². The van der Waals surface area contributed by atoms with Crippen LogP contribution in [-0.2, 0) is 10.0 Å². The SMILES string of the molecule is CSc1ccccc1NS(=O)(=O)CCCCl. The number of sulfonamides is 1. The summed E-state index contributed by atoms with van der Waals surface area (Å²) >= 11 is 6.98. The van der Waals surface area contributed by atoms with Gasteiger partial charge in [0.05, 0.1) is 11.4 Å². The maximum Gasteiger partial charge on any atom is 0.232 e. The van der Waals surface area contributed by atoms with Crippen molar-refractivity contribution in [1.82, 2.24) is 0 Å². The summed E-state index contributed by atoms with van der Waals surface area (Å²) in [6.45, 7) is 0. The number of nitrogens with one attached hydrogen (secondary N) is 1. The van der Waals surface area contributed by atoms with Crippen molar-refractivity contribution in [2.24, 2.45) is 0 Å². The second-order valence-corrected chi connectivity index (χ2v) is 6.23. The zero-order valence-electron chi connectivity index (χ0n) is 8.94. The molecule has 0 aromatic heterocycles. The van der Waals surface area contributed by atoms with Gasteiger partial charge in [-0.15, -0.1) is 23.4 Å². The minimum Gasteiger partial charge on any atom is -0.282 e. The van der Waals surface area contributed by atoms with Crippen molar-refractivity contribution in [3.8, 4) is 0 Å². The van der Waals surface area contributed by atoms with Gasteiger partial charge in [0.2, 0.25) is 10.0 Å². The third-order valence-electron chi connectivity index (χ3n) is 1.92. The lowest BCUT2D eigenvalue weighted by atomic mass is 10.3. The van der Waals surface area contributed by atoms with E-state index < -0.39 is 10.0 Å². The van der Waals surface area contributed by atoms with Crippen LogP contribution in [0.25, 0.3) is 0 Å². The molecule has 1 rings (SSSR count). The maximum absolute atomic E-state index is 11.6. The molecular formula is C10H14ClNO2S2. The highest BCUT2D eigenvalue weighted by Crippen LogP contribution is 2.25. The molecule has 0 radical (unpaired) electrons. The first-order valence-corrected chi connectivity index (χ1v) is 8.19. The van der Waals surface area contributed by atoms with Crippen molar-refractivity contribution in [2.75, 3.05) is 22.6 Å². The average Bonchev–Trinajstić information content (AvgIpc) is 2.27. The summed E-state index contributed by atoms with van der Waals surface area (Å²) in [5.41, 5.74) is 0.629. The number of thioether (sulfide) groups is 1. The van der Waals surface area contributed by atoms with Crippen molar-refractivity contribution in [1.29, 1.82) is 0 Å². The van der Waals surface area contributed by atoms with Crippen molar-refractivity contribution in [3.63, 3.8) is 0 Å². The lowest BCUT2D eigenvalue weighted by Crippen LogP contribution is -2.17. The Labute approximate surface area is 106 Å². The molecule has 1 aromatic rings. The monoisotopic (exact) mass is 279 g/mol. The van der Waals surface area contributed by atoms with Gasteiger partial charge in [-0.3, -0.25) is 4.72 Å². The van der Waals surface area contributed by atoms with Gasteiger partial charge in [-0.25, -0.2) is 8.42 Å². The second-order valence-electron chi connectivity index (χ2n) is 3.16. The van der Waals surface area contributed by atoms with E-state index in [2.05, 4.69) is 4.72 Å². The molecule has 0 bridgehead atoms. The van der Waals surface area contributed by atoms with E-state index in [1.54, 1.807) is 12.1 Å². The molecule has 0 spiro atoms. The van der Waals surface area contributed by atoms with E-state index in [-0.39, 0.29) is 5.75 Å². The molecule has 0 aliphatic rings. The standard InChI is InChI=1S/C10H14ClNO2S2/c1-15-10-6-3-2-5-9(10)12-16(13,14)8-4-7-11/h2-3,5-6,12H,4,7-8H2,1H3. The molecule has 0 unspecified atom stereocenters. The Balaban J connectivity index is 2.79. The van der Waals surface area contributed by atoms with Crippen LogP contribution < -0.4 is 4.72 Å². The molecule has 0 aliphatic carbocycles. The van der Waals surface area contributed by atoms with Gasteiger partial charge in [0, 0.05) is 10.8 Å². The van der Waals surface area contributed by atoms with Gasteiger partial charge in [-0.05, 0) is 24.8 Å². The number of para-hydroxylation sites is 1. The number of benzene rings is 1. The summed E-state index contributed by atoms with van der Waals surface area (Å²) in [5.74, 6) is 0.407. The third-order valence-corrected chi connectivity index (χ3v) is 4.34. The quantitative estimate of drug-likeness (QED) is 0.643. The molecule has 0 amide bonds. The van der Waals surface area contributed by atoms with Crippen LogP contribution in [-0.4, -0.2) is 26.3 Å². The molecule has 1 aromatic carbocycles. The molecule has 0 fully saturated rings. The van der Waals surface area contributed by atoms with Crippen LogP contribution in [0.3, 0.4) is 0 Å². The molecule has 3 nitrogen and oxygen atoms in total. The number of anilines is 1. The molecule has 0 saturated carbocycles. The van der Waals surface area contributed by atoms with Crippen molar-refractivity contribution in [3.05, 3.63) is 24.3 Å². The van der Waals surface area contributed by atoms with Crippen LogP contribution in [0, 0.1) is 0 Å². The van der Waals surface area contributed by atoms with Gasteiger partial charge in [0.1, 0.15) is 0 Å². The van der Waals surface area contributed by atoms with Gasteiger partial charge in [0.15, 0.2) is 0 Å². The average molecular weight is 280 g/mol. The molecule has 0 atom stereocenters. The fraction of sp³-hybridized carbons (Fsp3) is 0.400.